The Bertz CT molecular complexity index is 1130. The van der Waals surface area contributed by atoms with Gasteiger partial charge in [0.05, 0.1) is 16.1 Å². The molecule has 3 N–H and O–H groups in total. The summed E-state index contributed by atoms with van der Waals surface area (Å²) in [5.74, 6) is 0. The number of benzene rings is 2. The van der Waals surface area contributed by atoms with Crippen LogP contribution in [0.25, 0.3) is 10.9 Å². The molecule has 0 fully saturated rings. The topological polar surface area (TPSA) is 89.5 Å². The standard InChI is InChI=1S/C19H20N4O2S2/c1-3-17(21-22-19(20)26)16-12-23(18-7-5-4-6-15(16)18)27(24,25)14-10-8-13(2)9-11-14/h4-12H,3H2,1-2H3,(H3,20,22,26)/b21-17-. The summed E-state index contributed by atoms with van der Waals surface area (Å²) in [5.41, 5.74) is 11.0. The fourth-order valence-electron chi connectivity index (χ4n) is 2.85. The van der Waals surface area contributed by atoms with Gasteiger partial charge in [0.15, 0.2) is 5.11 Å². The largest absolute Gasteiger partial charge is 0.375 e. The van der Waals surface area contributed by atoms with E-state index in [-0.39, 0.29) is 10.0 Å². The van der Waals surface area contributed by atoms with Crippen LogP contribution in [0, 0.1) is 6.92 Å². The van der Waals surface area contributed by atoms with Crippen LogP contribution in [0.5, 0.6) is 0 Å². The van der Waals surface area contributed by atoms with Crippen LogP contribution in [0.3, 0.4) is 0 Å². The Hall–Kier alpha value is -2.71. The second-order valence-electron chi connectivity index (χ2n) is 6.06. The molecule has 0 saturated carbocycles. The molecule has 3 rings (SSSR count). The zero-order chi connectivity index (χ0) is 19.6. The van der Waals surface area contributed by atoms with Gasteiger partial charge in [-0.2, -0.15) is 5.10 Å². The van der Waals surface area contributed by atoms with Crippen molar-refractivity contribution in [1.29, 1.82) is 0 Å². The normalized spacial score (nSPS) is 12.3. The van der Waals surface area contributed by atoms with Gasteiger partial charge < -0.3 is 5.73 Å². The van der Waals surface area contributed by atoms with Crippen molar-refractivity contribution in [2.24, 2.45) is 10.8 Å². The van der Waals surface area contributed by atoms with Crippen molar-refractivity contribution in [3.8, 4) is 0 Å². The van der Waals surface area contributed by atoms with E-state index in [1.165, 1.54) is 3.97 Å². The summed E-state index contributed by atoms with van der Waals surface area (Å²) in [4.78, 5) is 0.233. The monoisotopic (exact) mass is 400 g/mol. The van der Waals surface area contributed by atoms with Gasteiger partial charge in [0.1, 0.15) is 0 Å². The molecule has 0 atom stereocenters. The maximum absolute atomic E-state index is 13.2. The minimum absolute atomic E-state index is 0.0527. The van der Waals surface area contributed by atoms with Crippen LogP contribution in [-0.2, 0) is 10.0 Å². The molecule has 3 aromatic rings. The fraction of sp³-hybridized carbons (Fsp3) is 0.158. The van der Waals surface area contributed by atoms with E-state index in [9.17, 15) is 8.42 Å². The van der Waals surface area contributed by atoms with Crippen LogP contribution >= 0.6 is 12.2 Å². The molecule has 8 heteroatoms. The number of hydrogen-bond donors (Lipinski definition) is 2. The summed E-state index contributed by atoms with van der Waals surface area (Å²) in [6.45, 7) is 3.85. The van der Waals surface area contributed by atoms with E-state index in [2.05, 4.69) is 10.5 Å². The average Bonchev–Trinajstić information content (AvgIpc) is 3.03. The Balaban J connectivity index is 2.22. The number of rotatable bonds is 5. The van der Waals surface area contributed by atoms with E-state index in [1.807, 2.05) is 32.0 Å². The number of thiocarbonyl (C=S) groups is 1. The number of fused-ring (bicyclic) bond motifs is 1. The van der Waals surface area contributed by atoms with Crippen molar-refractivity contribution < 1.29 is 8.42 Å². The Labute approximate surface area is 163 Å². The Kier molecular flexibility index (Phi) is 5.29. The summed E-state index contributed by atoms with van der Waals surface area (Å²) in [6.07, 6.45) is 2.18. The summed E-state index contributed by atoms with van der Waals surface area (Å²) >= 11 is 4.80. The zero-order valence-electron chi connectivity index (χ0n) is 15.0. The quantitative estimate of drug-likeness (QED) is 0.390. The number of nitrogens with zero attached hydrogens (tertiary/aromatic N) is 2. The molecule has 0 bridgehead atoms. The molecule has 0 spiro atoms. The van der Waals surface area contributed by atoms with E-state index in [0.29, 0.717) is 23.2 Å². The first-order valence-electron chi connectivity index (χ1n) is 8.39. The molecule has 2 aromatic carbocycles. The number of hydrazone groups is 1. The lowest BCUT2D eigenvalue weighted by Crippen LogP contribution is -2.25. The zero-order valence-corrected chi connectivity index (χ0v) is 16.6. The molecule has 0 radical (unpaired) electrons. The third-order valence-corrected chi connectivity index (χ3v) is 5.98. The van der Waals surface area contributed by atoms with Crippen molar-refractivity contribution >= 4 is 44.0 Å². The third kappa shape index (κ3) is 3.72. The summed E-state index contributed by atoms with van der Waals surface area (Å²) in [7, 11) is -3.74. The highest BCUT2D eigenvalue weighted by Crippen LogP contribution is 2.27. The maximum Gasteiger partial charge on any atom is 0.268 e. The first-order chi connectivity index (χ1) is 12.8. The summed E-state index contributed by atoms with van der Waals surface area (Å²) in [6, 6.07) is 14.1. The van der Waals surface area contributed by atoms with Gasteiger partial charge in [0, 0.05) is 17.1 Å². The van der Waals surface area contributed by atoms with Gasteiger partial charge in [-0.3, -0.25) is 5.43 Å². The summed E-state index contributed by atoms with van der Waals surface area (Å²) < 4.78 is 27.7. The van der Waals surface area contributed by atoms with Gasteiger partial charge in [0.2, 0.25) is 0 Å². The van der Waals surface area contributed by atoms with Gasteiger partial charge in [-0.1, -0.05) is 42.8 Å². The molecule has 0 amide bonds. The Morgan fingerprint density at radius 2 is 1.85 bits per heavy atom. The minimum Gasteiger partial charge on any atom is -0.375 e. The lowest BCUT2D eigenvalue weighted by atomic mass is 10.1. The van der Waals surface area contributed by atoms with Gasteiger partial charge >= 0.3 is 0 Å². The molecule has 0 unspecified atom stereocenters. The summed E-state index contributed by atoms with van der Waals surface area (Å²) in [5, 5.41) is 5.08. The van der Waals surface area contributed by atoms with E-state index < -0.39 is 10.0 Å². The number of hydrogen-bond acceptors (Lipinski definition) is 4. The predicted octanol–water partition coefficient (Wildman–Crippen LogP) is 3.13. The maximum atomic E-state index is 13.2. The lowest BCUT2D eigenvalue weighted by Gasteiger charge is -2.07. The highest BCUT2D eigenvalue weighted by Gasteiger charge is 2.22. The third-order valence-electron chi connectivity index (χ3n) is 4.20. The van der Waals surface area contributed by atoms with Crippen molar-refractivity contribution in [3.05, 3.63) is 65.9 Å². The second kappa shape index (κ2) is 7.50. The van der Waals surface area contributed by atoms with E-state index in [4.69, 9.17) is 18.0 Å². The molecule has 6 nitrogen and oxygen atoms in total. The van der Waals surface area contributed by atoms with Gasteiger partial charge in [-0.25, -0.2) is 12.4 Å². The smallest absolute Gasteiger partial charge is 0.268 e. The van der Waals surface area contributed by atoms with Crippen molar-refractivity contribution in [1.82, 2.24) is 9.40 Å². The van der Waals surface area contributed by atoms with Crippen molar-refractivity contribution in [2.45, 2.75) is 25.2 Å². The molecule has 1 aromatic heterocycles. The highest BCUT2D eigenvalue weighted by atomic mass is 32.2. The number of para-hydroxylation sites is 1. The molecular weight excluding hydrogens is 380 g/mol. The van der Waals surface area contributed by atoms with Crippen molar-refractivity contribution in [2.75, 3.05) is 0 Å². The predicted molar refractivity (Wildman–Crippen MR) is 112 cm³/mol. The van der Waals surface area contributed by atoms with Crippen LogP contribution in [-0.4, -0.2) is 23.2 Å². The molecule has 140 valence electrons. The Morgan fingerprint density at radius 1 is 1.19 bits per heavy atom. The highest BCUT2D eigenvalue weighted by molar-refractivity contribution is 7.90. The van der Waals surface area contributed by atoms with Crippen LogP contribution in [0.2, 0.25) is 0 Å². The lowest BCUT2D eigenvalue weighted by molar-refractivity contribution is 0.589. The number of aromatic nitrogens is 1. The van der Waals surface area contributed by atoms with E-state index in [0.717, 1.165) is 10.9 Å². The number of aryl methyl sites for hydroxylation is 1. The molecule has 27 heavy (non-hydrogen) atoms. The SMILES string of the molecule is CC/C(=N/NC(N)=S)c1cn(S(=O)(=O)c2ccc(C)cc2)c2ccccc12. The van der Waals surface area contributed by atoms with E-state index >= 15 is 0 Å². The van der Waals surface area contributed by atoms with Crippen LogP contribution in [0.15, 0.2) is 64.7 Å². The fourth-order valence-corrected chi connectivity index (χ4v) is 4.27. The van der Waals surface area contributed by atoms with Gasteiger partial charge in [0.25, 0.3) is 10.0 Å². The Morgan fingerprint density at radius 3 is 2.48 bits per heavy atom. The van der Waals surface area contributed by atoms with Gasteiger partial charge in [-0.15, -0.1) is 0 Å². The first-order valence-corrected chi connectivity index (χ1v) is 10.2. The average molecular weight is 401 g/mol. The molecule has 1 heterocycles. The molecule has 0 aliphatic carbocycles. The molecule has 0 aliphatic rings. The van der Waals surface area contributed by atoms with Gasteiger partial charge in [-0.05, 0) is 43.8 Å². The van der Waals surface area contributed by atoms with Crippen LogP contribution < -0.4 is 11.2 Å². The minimum atomic E-state index is -3.74. The number of nitrogens with one attached hydrogen (secondary N) is 1. The number of nitrogens with two attached hydrogens (primary N) is 1. The van der Waals surface area contributed by atoms with Crippen molar-refractivity contribution in [3.63, 3.8) is 0 Å². The second-order valence-corrected chi connectivity index (χ2v) is 8.32. The molecule has 0 saturated heterocycles. The van der Waals surface area contributed by atoms with Crippen LogP contribution in [0.4, 0.5) is 0 Å². The molecular formula is C19H20N4O2S2. The molecule has 0 aliphatic heterocycles. The van der Waals surface area contributed by atoms with Crippen LogP contribution in [0.1, 0.15) is 24.5 Å². The van der Waals surface area contributed by atoms with E-state index in [1.54, 1.807) is 36.5 Å². The first kappa shape index (κ1) is 19.1.